The molecule has 2 saturated heterocycles. The molecule has 2 aliphatic heterocycles. The minimum absolute atomic E-state index is 0.679. The van der Waals surface area contributed by atoms with Crippen molar-refractivity contribution in [2.75, 3.05) is 33.9 Å². The zero-order chi connectivity index (χ0) is 14.8. The molecule has 0 saturated carbocycles. The fourth-order valence-corrected chi connectivity index (χ4v) is 4.04. The second-order valence-electron chi connectivity index (χ2n) is 5.90. The third-order valence-electron chi connectivity index (χ3n) is 4.72. The Hall–Kier alpha value is -0.780. The highest BCUT2D eigenvalue weighted by molar-refractivity contribution is 9.10. The number of methoxy groups -OCH3 is 2. The fourth-order valence-electron chi connectivity index (χ4n) is 3.60. The van der Waals surface area contributed by atoms with Crippen LogP contribution in [0.15, 0.2) is 16.6 Å². The van der Waals surface area contributed by atoms with E-state index in [1.807, 2.05) is 6.07 Å². The van der Waals surface area contributed by atoms with Crippen LogP contribution < -0.4 is 14.8 Å². The Bertz CT molecular complexity index is 509. The van der Waals surface area contributed by atoms with Gasteiger partial charge in [-0.25, -0.2) is 0 Å². The van der Waals surface area contributed by atoms with Gasteiger partial charge < -0.3 is 14.8 Å². The van der Waals surface area contributed by atoms with E-state index in [0.29, 0.717) is 6.04 Å². The summed E-state index contributed by atoms with van der Waals surface area (Å²) in [6.45, 7) is 4.44. The third kappa shape index (κ3) is 3.05. The molecule has 0 amide bonds. The molecule has 2 heterocycles. The molecule has 2 atom stereocenters. The first-order valence-electron chi connectivity index (χ1n) is 7.58. The van der Waals surface area contributed by atoms with E-state index in [4.69, 9.17) is 9.47 Å². The van der Waals surface area contributed by atoms with Gasteiger partial charge in [0.15, 0.2) is 11.5 Å². The maximum Gasteiger partial charge on any atom is 0.161 e. The number of nitrogens with one attached hydrogen (secondary N) is 1. The summed E-state index contributed by atoms with van der Waals surface area (Å²) in [5.74, 6) is 2.39. The molecular formula is C16H23BrN2O2. The summed E-state index contributed by atoms with van der Waals surface area (Å²) in [7, 11) is 3.36. The lowest BCUT2D eigenvalue weighted by Gasteiger charge is -2.37. The van der Waals surface area contributed by atoms with Crippen LogP contribution in [0.1, 0.15) is 18.4 Å². The first-order valence-corrected chi connectivity index (χ1v) is 8.37. The summed E-state index contributed by atoms with van der Waals surface area (Å²) in [5, 5.41) is 3.54. The van der Waals surface area contributed by atoms with Gasteiger partial charge in [0, 0.05) is 23.6 Å². The van der Waals surface area contributed by atoms with Gasteiger partial charge in [-0.2, -0.15) is 0 Å². The third-order valence-corrected chi connectivity index (χ3v) is 5.46. The molecule has 2 aliphatic rings. The zero-order valence-electron chi connectivity index (χ0n) is 12.7. The number of piperidine rings is 1. The van der Waals surface area contributed by atoms with Gasteiger partial charge in [-0.05, 0) is 49.5 Å². The minimum atomic E-state index is 0.679. The maximum absolute atomic E-state index is 5.43. The van der Waals surface area contributed by atoms with Crippen molar-refractivity contribution in [3.8, 4) is 11.5 Å². The van der Waals surface area contributed by atoms with E-state index >= 15 is 0 Å². The van der Waals surface area contributed by atoms with E-state index in [2.05, 4.69) is 32.2 Å². The Balaban J connectivity index is 1.80. The molecule has 1 aromatic rings. The summed E-state index contributed by atoms with van der Waals surface area (Å²) < 4.78 is 11.9. The molecule has 2 unspecified atom stereocenters. The van der Waals surface area contributed by atoms with Crippen LogP contribution in [0.5, 0.6) is 11.5 Å². The summed E-state index contributed by atoms with van der Waals surface area (Å²) in [6, 6.07) is 4.77. The van der Waals surface area contributed by atoms with E-state index in [-0.39, 0.29) is 0 Å². The molecule has 4 nitrogen and oxygen atoms in total. The lowest BCUT2D eigenvalue weighted by Crippen LogP contribution is -2.44. The van der Waals surface area contributed by atoms with Gasteiger partial charge in [0.25, 0.3) is 0 Å². The molecule has 0 bridgehead atoms. The minimum Gasteiger partial charge on any atom is -0.493 e. The van der Waals surface area contributed by atoms with E-state index in [0.717, 1.165) is 35.0 Å². The molecule has 0 aromatic heterocycles. The maximum atomic E-state index is 5.43. The van der Waals surface area contributed by atoms with E-state index in [1.54, 1.807) is 14.2 Å². The molecule has 0 spiro atoms. The summed E-state index contributed by atoms with van der Waals surface area (Å²) >= 11 is 3.67. The fraction of sp³-hybridized carbons (Fsp3) is 0.625. The monoisotopic (exact) mass is 354 g/mol. The number of halogens is 1. The van der Waals surface area contributed by atoms with Gasteiger partial charge in [-0.15, -0.1) is 0 Å². The predicted molar refractivity (Wildman–Crippen MR) is 87.0 cm³/mol. The van der Waals surface area contributed by atoms with Crippen molar-refractivity contribution in [1.82, 2.24) is 10.2 Å². The van der Waals surface area contributed by atoms with Crippen molar-refractivity contribution < 1.29 is 9.47 Å². The number of likely N-dealkylation sites (tertiary alicyclic amines) is 1. The Kier molecular flexibility index (Phi) is 4.72. The average molecular weight is 355 g/mol. The Labute approximate surface area is 134 Å². The Morgan fingerprint density at radius 3 is 2.76 bits per heavy atom. The molecule has 0 aliphatic carbocycles. The average Bonchev–Trinajstić information content (AvgIpc) is 2.98. The Morgan fingerprint density at radius 2 is 2.00 bits per heavy atom. The molecule has 0 radical (unpaired) electrons. The van der Waals surface area contributed by atoms with Crippen molar-refractivity contribution in [3.63, 3.8) is 0 Å². The highest BCUT2D eigenvalue weighted by Crippen LogP contribution is 2.35. The van der Waals surface area contributed by atoms with Crippen LogP contribution in [0.4, 0.5) is 0 Å². The molecule has 116 valence electrons. The van der Waals surface area contributed by atoms with Crippen LogP contribution in [0.2, 0.25) is 0 Å². The number of rotatable bonds is 4. The van der Waals surface area contributed by atoms with Gasteiger partial charge in [0.05, 0.1) is 14.2 Å². The molecular weight excluding hydrogens is 332 g/mol. The van der Waals surface area contributed by atoms with Crippen LogP contribution in [0, 0.1) is 5.92 Å². The van der Waals surface area contributed by atoms with E-state index in [9.17, 15) is 0 Å². The number of benzene rings is 1. The van der Waals surface area contributed by atoms with Crippen LogP contribution in [0.3, 0.4) is 0 Å². The highest BCUT2D eigenvalue weighted by Gasteiger charge is 2.34. The first kappa shape index (κ1) is 15.1. The SMILES string of the molecule is COc1cc(Br)c(CN2CCCC3CNCC32)cc1OC. The standard InChI is InChI=1S/C16H23BrN2O2/c1-20-15-6-12(13(17)7-16(15)21-2)10-19-5-3-4-11-8-18-9-14(11)19/h6-7,11,14,18H,3-5,8-10H2,1-2H3. The van der Waals surface area contributed by atoms with Crippen LogP contribution in [-0.2, 0) is 6.54 Å². The van der Waals surface area contributed by atoms with Gasteiger partial charge in [-0.1, -0.05) is 15.9 Å². The van der Waals surface area contributed by atoms with Crippen molar-refractivity contribution in [2.24, 2.45) is 5.92 Å². The van der Waals surface area contributed by atoms with Crippen LogP contribution in [0.25, 0.3) is 0 Å². The molecule has 3 rings (SSSR count). The lowest BCUT2D eigenvalue weighted by molar-refractivity contribution is 0.117. The lowest BCUT2D eigenvalue weighted by atomic mass is 9.91. The van der Waals surface area contributed by atoms with E-state index < -0.39 is 0 Å². The Morgan fingerprint density at radius 1 is 1.24 bits per heavy atom. The van der Waals surface area contributed by atoms with Gasteiger partial charge >= 0.3 is 0 Å². The van der Waals surface area contributed by atoms with Crippen molar-refractivity contribution in [3.05, 3.63) is 22.2 Å². The molecule has 1 N–H and O–H groups in total. The number of hydrogen-bond donors (Lipinski definition) is 1. The topological polar surface area (TPSA) is 33.7 Å². The highest BCUT2D eigenvalue weighted by atomic mass is 79.9. The normalized spacial score (nSPS) is 25.7. The van der Waals surface area contributed by atoms with Gasteiger partial charge in [-0.3, -0.25) is 4.90 Å². The summed E-state index contributed by atoms with van der Waals surface area (Å²) in [5.41, 5.74) is 1.26. The van der Waals surface area contributed by atoms with Crippen molar-refractivity contribution in [1.29, 1.82) is 0 Å². The second-order valence-corrected chi connectivity index (χ2v) is 6.75. The smallest absolute Gasteiger partial charge is 0.161 e. The van der Waals surface area contributed by atoms with Gasteiger partial charge in [0.2, 0.25) is 0 Å². The number of nitrogens with zero attached hydrogens (tertiary/aromatic N) is 1. The van der Waals surface area contributed by atoms with Crippen molar-refractivity contribution >= 4 is 15.9 Å². The molecule has 5 heteroatoms. The van der Waals surface area contributed by atoms with Crippen LogP contribution >= 0.6 is 15.9 Å². The van der Waals surface area contributed by atoms with E-state index in [1.165, 1.54) is 31.5 Å². The zero-order valence-corrected chi connectivity index (χ0v) is 14.3. The summed E-state index contributed by atoms with van der Waals surface area (Å²) in [6.07, 6.45) is 2.66. The largest absolute Gasteiger partial charge is 0.493 e. The number of hydrogen-bond acceptors (Lipinski definition) is 4. The second kappa shape index (κ2) is 6.55. The number of ether oxygens (including phenoxy) is 2. The number of fused-ring (bicyclic) bond motifs is 1. The van der Waals surface area contributed by atoms with Crippen molar-refractivity contribution in [2.45, 2.75) is 25.4 Å². The predicted octanol–water partition coefficient (Wildman–Crippen LogP) is 2.65. The first-order chi connectivity index (χ1) is 10.2. The molecule has 1 aromatic carbocycles. The molecule has 2 fully saturated rings. The summed E-state index contributed by atoms with van der Waals surface area (Å²) in [4.78, 5) is 2.61. The van der Waals surface area contributed by atoms with Crippen LogP contribution in [-0.4, -0.2) is 44.8 Å². The quantitative estimate of drug-likeness (QED) is 0.901. The molecule has 21 heavy (non-hydrogen) atoms. The van der Waals surface area contributed by atoms with Gasteiger partial charge in [0.1, 0.15) is 0 Å².